The van der Waals surface area contributed by atoms with Crippen LogP contribution in [0.1, 0.15) is 49.8 Å². The van der Waals surface area contributed by atoms with Gasteiger partial charge >= 0.3 is 6.03 Å². The Bertz CT molecular complexity index is 767. The number of amides is 3. The van der Waals surface area contributed by atoms with Gasteiger partial charge in [-0.15, -0.1) is 11.3 Å². The molecule has 144 valence electrons. The number of nitrogens with one attached hydrogen (secondary N) is 3. The smallest absolute Gasteiger partial charge is 0.321 e. The molecule has 1 aliphatic rings. The van der Waals surface area contributed by atoms with Crippen LogP contribution in [0.25, 0.3) is 0 Å². The summed E-state index contributed by atoms with van der Waals surface area (Å²) in [6, 6.07) is 7.79. The van der Waals surface area contributed by atoms with Crippen LogP contribution in [0, 0.1) is 6.92 Å². The van der Waals surface area contributed by atoms with Gasteiger partial charge in [-0.2, -0.15) is 0 Å². The molecule has 0 atom stereocenters. The van der Waals surface area contributed by atoms with E-state index in [2.05, 4.69) is 20.9 Å². The number of anilines is 2. The molecule has 1 saturated carbocycles. The highest BCUT2D eigenvalue weighted by atomic mass is 32.1. The van der Waals surface area contributed by atoms with Crippen LogP contribution in [0.5, 0.6) is 0 Å². The molecule has 0 unspecified atom stereocenters. The summed E-state index contributed by atoms with van der Waals surface area (Å²) >= 11 is 1.38. The molecule has 1 aliphatic carbocycles. The maximum atomic E-state index is 12.1. The Hall–Kier alpha value is -2.41. The van der Waals surface area contributed by atoms with Crippen molar-refractivity contribution in [3.8, 4) is 0 Å². The Balaban J connectivity index is 1.41. The lowest BCUT2D eigenvalue weighted by Crippen LogP contribution is -2.38. The minimum Gasteiger partial charge on any atom is -0.335 e. The number of carbonyl (C=O) groups excluding carboxylic acids is 2. The molecule has 3 rings (SSSR count). The third-order valence-electron chi connectivity index (χ3n) is 4.66. The van der Waals surface area contributed by atoms with Gasteiger partial charge < -0.3 is 10.6 Å². The Morgan fingerprint density at radius 2 is 1.85 bits per heavy atom. The zero-order valence-corrected chi connectivity index (χ0v) is 16.4. The van der Waals surface area contributed by atoms with Gasteiger partial charge in [0.2, 0.25) is 5.91 Å². The van der Waals surface area contributed by atoms with Crippen LogP contribution in [0.3, 0.4) is 0 Å². The van der Waals surface area contributed by atoms with Gasteiger partial charge in [-0.1, -0.05) is 37.0 Å². The van der Waals surface area contributed by atoms with Gasteiger partial charge in [-0.05, 0) is 38.3 Å². The fourth-order valence-electron chi connectivity index (χ4n) is 3.15. The lowest BCUT2D eigenvalue weighted by Gasteiger charge is -2.22. The summed E-state index contributed by atoms with van der Waals surface area (Å²) in [6.07, 6.45) is 6.60. The number of aromatic nitrogens is 1. The Labute approximate surface area is 163 Å². The van der Waals surface area contributed by atoms with E-state index in [4.69, 9.17) is 0 Å². The van der Waals surface area contributed by atoms with E-state index in [1.165, 1.54) is 30.6 Å². The molecule has 0 radical (unpaired) electrons. The van der Waals surface area contributed by atoms with Crippen LogP contribution in [-0.4, -0.2) is 23.0 Å². The molecule has 6 nitrogen and oxygen atoms in total. The molecule has 1 heterocycles. The van der Waals surface area contributed by atoms with Crippen molar-refractivity contribution in [2.24, 2.45) is 0 Å². The molecular weight excluding hydrogens is 360 g/mol. The molecule has 27 heavy (non-hydrogen) atoms. The maximum Gasteiger partial charge on any atom is 0.321 e. The average Bonchev–Trinajstić information content (AvgIpc) is 3.10. The Morgan fingerprint density at radius 3 is 2.59 bits per heavy atom. The van der Waals surface area contributed by atoms with Crippen molar-refractivity contribution in [2.45, 2.75) is 57.9 Å². The summed E-state index contributed by atoms with van der Waals surface area (Å²) in [5, 5.41) is 11.1. The molecule has 2 aromatic rings. The fourth-order valence-corrected chi connectivity index (χ4v) is 3.89. The third kappa shape index (κ3) is 6.36. The number of carbonyl (C=O) groups is 2. The van der Waals surface area contributed by atoms with Gasteiger partial charge in [0, 0.05) is 23.5 Å². The van der Waals surface area contributed by atoms with Gasteiger partial charge in [0.15, 0.2) is 5.13 Å². The van der Waals surface area contributed by atoms with Crippen LogP contribution in [0.4, 0.5) is 15.6 Å². The molecule has 7 heteroatoms. The second-order valence-corrected chi connectivity index (χ2v) is 7.85. The van der Waals surface area contributed by atoms with Crippen molar-refractivity contribution < 1.29 is 9.59 Å². The van der Waals surface area contributed by atoms with E-state index in [9.17, 15) is 9.59 Å². The molecule has 1 aromatic heterocycles. The first-order valence-corrected chi connectivity index (χ1v) is 10.3. The fraction of sp³-hybridized carbons (Fsp3) is 0.450. The highest BCUT2D eigenvalue weighted by Gasteiger charge is 2.16. The number of nitrogens with zero attached hydrogens (tertiary/aromatic N) is 1. The molecule has 0 bridgehead atoms. The number of aryl methyl sites for hydroxylation is 2. The van der Waals surface area contributed by atoms with Crippen molar-refractivity contribution in [1.82, 2.24) is 10.3 Å². The molecule has 0 aliphatic heterocycles. The predicted octanol–water partition coefficient (Wildman–Crippen LogP) is 4.48. The topological polar surface area (TPSA) is 83.1 Å². The Morgan fingerprint density at radius 1 is 1.11 bits per heavy atom. The normalized spacial score (nSPS) is 14.6. The van der Waals surface area contributed by atoms with Crippen LogP contribution in [0.15, 0.2) is 29.6 Å². The summed E-state index contributed by atoms with van der Waals surface area (Å²) in [5.74, 6) is -0.0450. The predicted molar refractivity (Wildman–Crippen MR) is 109 cm³/mol. The summed E-state index contributed by atoms with van der Waals surface area (Å²) in [6.45, 7) is 2.01. The standard InChI is InChI=1S/C20H26N4O2S/c1-14-7-9-16(10-8-14)21-18(25)12-11-17-13-27-20(23-17)24-19(26)22-15-5-3-2-4-6-15/h7-10,13,15H,2-6,11-12H2,1H3,(H,21,25)(H2,22,23,24,26). The van der Waals surface area contributed by atoms with Crippen molar-refractivity contribution in [3.63, 3.8) is 0 Å². The summed E-state index contributed by atoms with van der Waals surface area (Å²) in [5.41, 5.74) is 2.76. The number of rotatable bonds is 6. The van der Waals surface area contributed by atoms with Crippen molar-refractivity contribution in [2.75, 3.05) is 10.6 Å². The SMILES string of the molecule is Cc1ccc(NC(=O)CCc2csc(NC(=O)NC3CCCCC3)n2)cc1. The van der Waals surface area contributed by atoms with Crippen molar-refractivity contribution >= 4 is 34.1 Å². The second-order valence-electron chi connectivity index (χ2n) is 6.99. The van der Waals surface area contributed by atoms with Gasteiger partial charge in [0.25, 0.3) is 0 Å². The monoisotopic (exact) mass is 386 g/mol. The summed E-state index contributed by atoms with van der Waals surface area (Å²) in [7, 11) is 0. The van der Waals surface area contributed by atoms with Crippen molar-refractivity contribution in [3.05, 3.63) is 40.9 Å². The first-order chi connectivity index (χ1) is 13.1. The highest BCUT2D eigenvalue weighted by Crippen LogP contribution is 2.19. The van der Waals surface area contributed by atoms with Gasteiger partial charge in [0.1, 0.15) is 0 Å². The van der Waals surface area contributed by atoms with E-state index in [1.807, 2.05) is 36.6 Å². The maximum absolute atomic E-state index is 12.1. The molecule has 0 saturated heterocycles. The van der Waals surface area contributed by atoms with Crippen LogP contribution < -0.4 is 16.0 Å². The molecule has 1 fully saturated rings. The summed E-state index contributed by atoms with van der Waals surface area (Å²) in [4.78, 5) is 28.5. The second kappa shape index (κ2) is 9.50. The lowest BCUT2D eigenvalue weighted by molar-refractivity contribution is -0.116. The van der Waals surface area contributed by atoms with E-state index in [-0.39, 0.29) is 18.0 Å². The number of benzene rings is 1. The van der Waals surface area contributed by atoms with Gasteiger partial charge in [-0.25, -0.2) is 9.78 Å². The first-order valence-electron chi connectivity index (χ1n) is 9.47. The summed E-state index contributed by atoms with van der Waals surface area (Å²) < 4.78 is 0. The first kappa shape index (κ1) is 19.4. The van der Waals surface area contributed by atoms with Crippen LogP contribution in [-0.2, 0) is 11.2 Å². The van der Waals surface area contributed by atoms with Crippen LogP contribution >= 0.6 is 11.3 Å². The number of hydrogen-bond acceptors (Lipinski definition) is 4. The minimum atomic E-state index is -0.195. The highest BCUT2D eigenvalue weighted by molar-refractivity contribution is 7.13. The van der Waals surface area contributed by atoms with E-state index in [1.54, 1.807) is 0 Å². The number of urea groups is 1. The zero-order valence-electron chi connectivity index (χ0n) is 15.6. The Kier molecular flexibility index (Phi) is 6.81. The molecule has 3 amide bonds. The van der Waals surface area contributed by atoms with Gasteiger partial charge in [-0.3, -0.25) is 10.1 Å². The van der Waals surface area contributed by atoms with E-state index in [0.717, 1.165) is 29.8 Å². The van der Waals surface area contributed by atoms with E-state index < -0.39 is 0 Å². The van der Waals surface area contributed by atoms with Crippen LogP contribution in [0.2, 0.25) is 0 Å². The molecule has 1 aromatic carbocycles. The zero-order chi connectivity index (χ0) is 19.1. The lowest BCUT2D eigenvalue weighted by atomic mass is 9.96. The van der Waals surface area contributed by atoms with Crippen molar-refractivity contribution in [1.29, 1.82) is 0 Å². The average molecular weight is 387 g/mol. The number of hydrogen-bond donors (Lipinski definition) is 3. The molecule has 0 spiro atoms. The van der Waals surface area contributed by atoms with E-state index in [0.29, 0.717) is 18.0 Å². The minimum absolute atomic E-state index is 0.0450. The van der Waals surface area contributed by atoms with E-state index >= 15 is 0 Å². The number of thiazole rings is 1. The molecule has 3 N–H and O–H groups in total. The quantitative estimate of drug-likeness (QED) is 0.684. The molecular formula is C20H26N4O2S. The largest absolute Gasteiger partial charge is 0.335 e. The van der Waals surface area contributed by atoms with Gasteiger partial charge in [0.05, 0.1) is 5.69 Å². The third-order valence-corrected chi connectivity index (χ3v) is 5.46.